The van der Waals surface area contributed by atoms with Crippen LogP contribution >= 0.6 is 23.2 Å². The van der Waals surface area contributed by atoms with Gasteiger partial charge in [0.25, 0.3) is 5.91 Å². The van der Waals surface area contributed by atoms with Gasteiger partial charge in [-0.2, -0.15) is 5.26 Å². The third-order valence-corrected chi connectivity index (χ3v) is 7.62. The molecule has 8 nitrogen and oxygen atoms in total. The van der Waals surface area contributed by atoms with Gasteiger partial charge < -0.3 is 9.64 Å². The van der Waals surface area contributed by atoms with E-state index in [4.69, 9.17) is 27.9 Å². The molecule has 3 heterocycles. The molecule has 1 unspecified atom stereocenters. The Kier molecular flexibility index (Phi) is 6.76. The Morgan fingerprint density at radius 2 is 1.89 bits per heavy atom. The lowest BCUT2D eigenvalue weighted by molar-refractivity contribution is -0.126. The highest BCUT2D eigenvalue weighted by molar-refractivity contribution is 6.35. The van der Waals surface area contributed by atoms with Gasteiger partial charge in [-0.05, 0) is 41.5 Å². The number of hydrogen-bond acceptors (Lipinski definition) is 6. The number of methoxy groups -OCH3 is 1. The van der Waals surface area contributed by atoms with Crippen molar-refractivity contribution in [2.24, 2.45) is 5.92 Å². The first-order chi connectivity index (χ1) is 18.2. The summed E-state index contributed by atoms with van der Waals surface area (Å²) >= 11 is 12.6. The first-order valence-electron chi connectivity index (χ1n) is 12.2. The Bertz CT molecular complexity index is 1490. The molecule has 3 aromatic rings. The van der Waals surface area contributed by atoms with E-state index in [1.807, 2.05) is 30.9 Å². The van der Waals surface area contributed by atoms with Crippen LogP contribution in [-0.2, 0) is 16.0 Å². The number of nitriles is 1. The standard InChI is InChI=1S/C28H25Cl2N5O3/c1-16(2)25(36)23-15-35(33-32-23)22-12-28(11-17-4-6-18(13-31)7-5-17)26(38-3)24(27(37)34(28)14-22)19-8-20(29)10-21(30)9-19/h4-10,15-16,22H,11-12,14H2,1-3H3/t22-,28?/m0/s1. The number of benzene rings is 2. The second-order valence-corrected chi connectivity index (χ2v) is 10.8. The Hall–Kier alpha value is -3.67. The molecule has 0 bridgehead atoms. The van der Waals surface area contributed by atoms with Crippen LogP contribution in [0.25, 0.3) is 5.57 Å². The van der Waals surface area contributed by atoms with Crippen molar-refractivity contribution in [1.82, 2.24) is 19.9 Å². The fourth-order valence-electron chi connectivity index (χ4n) is 5.48. The van der Waals surface area contributed by atoms with Crippen molar-refractivity contribution in [3.05, 3.63) is 86.9 Å². The molecule has 0 spiro atoms. The van der Waals surface area contributed by atoms with Gasteiger partial charge in [0.15, 0.2) is 5.78 Å². The molecule has 2 atom stereocenters. The number of amides is 1. The van der Waals surface area contributed by atoms with Crippen LogP contribution in [0.2, 0.25) is 10.0 Å². The van der Waals surface area contributed by atoms with Crippen molar-refractivity contribution < 1.29 is 14.3 Å². The van der Waals surface area contributed by atoms with Crippen LogP contribution in [-0.4, -0.2) is 50.8 Å². The van der Waals surface area contributed by atoms with E-state index in [-0.39, 0.29) is 23.7 Å². The van der Waals surface area contributed by atoms with Gasteiger partial charge in [0, 0.05) is 35.3 Å². The van der Waals surface area contributed by atoms with E-state index >= 15 is 0 Å². The van der Waals surface area contributed by atoms with E-state index in [0.717, 1.165) is 5.56 Å². The number of ketones is 1. The molecule has 0 aliphatic carbocycles. The van der Waals surface area contributed by atoms with Crippen LogP contribution in [0, 0.1) is 17.2 Å². The molecule has 1 saturated heterocycles. The number of Topliss-reactive ketones (excluding diaryl/α,β-unsaturated/α-hetero) is 1. The van der Waals surface area contributed by atoms with Crippen LogP contribution in [0.4, 0.5) is 0 Å². The first kappa shape index (κ1) is 26.0. The quantitative estimate of drug-likeness (QED) is 0.379. The third kappa shape index (κ3) is 4.36. The van der Waals surface area contributed by atoms with Crippen LogP contribution in [0.15, 0.2) is 54.4 Å². The first-order valence-corrected chi connectivity index (χ1v) is 12.9. The number of halogens is 2. The average Bonchev–Trinajstić information content (AvgIpc) is 3.56. The molecule has 194 valence electrons. The molecular formula is C28H25Cl2N5O3. The van der Waals surface area contributed by atoms with Gasteiger partial charge >= 0.3 is 0 Å². The number of carbonyl (C=O) groups excluding carboxylic acids is 2. The van der Waals surface area contributed by atoms with Crippen LogP contribution < -0.4 is 0 Å². The van der Waals surface area contributed by atoms with E-state index in [1.54, 1.807) is 48.3 Å². The predicted molar refractivity (Wildman–Crippen MR) is 143 cm³/mol. The zero-order chi connectivity index (χ0) is 27.2. The maximum Gasteiger partial charge on any atom is 0.258 e. The summed E-state index contributed by atoms with van der Waals surface area (Å²) in [7, 11) is 1.56. The highest BCUT2D eigenvalue weighted by atomic mass is 35.5. The van der Waals surface area contributed by atoms with E-state index < -0.39 is 5.54 Å². The zero-order valence-electron chi connectivity index (χ0n) is 21.1. The fourth-order valence-corrected chi connectivity index (χ4v) is 6.00. The summed E-state index contributed by atoms with van der Waals surface area (Å²) < 4.78 is 7.67. The summed E-state index contributed by atoms with van der Waals surface area (Å²) in [5.74, 6) is 0.0307. The van der Waals surface area contributed by atoms with Crippen molar-refractivity contribution in [3.63, 3.8) is 0 Å². The van der Waals surface area contributed by atoms with Crippen LogP contribution in [0.1, 0.15) is 53.5 Å². The van der Waals surface area contributed by atoms with E-state index in [0.29, 0.717) is 57.6 Å². The van der Waals surface area contributed by atoms with Crippen molar-refractivity contribution in [3.8, 4) is 6.07 Å². The highest BCUT2D eigenvalue weighted by Gasteiger charge is 2.59. The second kappa shape index (κ2) is 9.90. The van der Waals surface area contributed by atoms with Gasteiger partial charge in [-0.3, -0.25) is 9.59 Å². The number of ether oxygens (including phenoxy) is 1. The van der Waals surface area contributed by atoms with E-state index in [1.165, 1.54) is 0 Å². The van der Waals surface area contributed by atoms with E-state index in [2.05, 4.69) is 16.4 Å². The maximum absolute atomic E-state index is 14.0. The molecule has 10 heteroatoms. The highest BCUT2D eigenvalue weighted by Crippen LogP contribution is 2.51. The number of rotatable bonds is 7. The summed E-state index contributed by atoms with van der Waals surface area (Å²) in [6, 6.07) is 14.2. The number of aromatic nitrogens is 3. The number of carbonyl (C=O) groups is 2. The Labute approximate surface area is 230 Å². The molecular weight excluding hydrogens is 525 g/mol. The average molecular weight is 550 g/mol. The molecule has 1 amide bonds. The lowest BCUT2D eigenvalue weighted by Gasteiger charge is -2.34. The molecule has 1 aromatic heterocycles. The minimum Gasteiger partial charge on any atom is -0.498 e. The summed E-state index contributed by atoms with van der Waals surface area (Å²) in [6.45, 7) is 3.98. The summed E-state index contributed by atoms with van der Waals surface area (Å²) in [5, 5.41) is 18.4. The SMILES string of the molecule is COC1=C(c2cc(Cl)cc(Cl)c2)C(=O)N2C[C@@H](n3cc(C(=O)C(C)C)nn3)CC12Cc1ccc(C#N)cc1. The van der Waals surface area contributed by atoms with Gasteiger partial charge in [0.2, 0.25) is 0 Å². The second-order valence-electron chi connectivity index (χ2n) is 9.96. The van der Waals surface area contributed by atoms with Crippen molar-refractivity contribution in [2.45, 2.75) is 38.3 Å². The largest absolute Gasteiger partial charge is 0.498 e. The molecule has 2 aliphatic heterocycles. The van der Waals surface area contributed by atoms with Gasteiger partial charge in [-0.25, -0.2) is 4.68 Å². The Balaban J connectivity index is 1.61. The molecule has 5 rings (SSSR count). The topological polar surface area (TPSA) is 101 Å². The summed E-state index contributed by atoms with van der Waals surface area (Å²) in [4.78, 5) is 28.3. The number of hydrogen-bond donors (Lipinski definition) is 0. The molecule has 0 radical (unpaired) electrons. The molecule has 38 heavy (non-hydrogen) atoms. The summed E-state index contributed by atoms with van der Waals surface area (Å²) in [6.07, 6.45) is 2.59. The monoisotopic (exact) mass is 549 g/mol. The smallest absolute Gasteiger partial charge is 0.258 e. The van der Waals surface area contributed by atoms with Crippen molar-refractivity contribution >= 4 is 40.5 Å². The van der Waals surface area contributed by atoms with Crippen LogP contribution in [0.3, 0.4) is 0 Å². The molecule has 2 aromatic carbocycles. The minimum atomic E-state index is -0.830. The van der Waals surface area contributed by atoms with Gasteiger partial charge in [0.05, 0.1) is 36.6 Å². The van der Waals surface area contributed by atoms with Crippen molar-refractivity contribution in [2.75, 3.05) is 13.7 Å². The maximum atomic E-state index is 14.0. The van der Waals surface area contributed by atoms with Gasteiger partial charge in [0.1, 0.15) is 17.0 Å². The number of nitrogens with zero attached hydrogens (tertiary/aromatic N) is 5. The Morgan fingerprint density at radius 3 is 2.50 bits per heavy atom. The van der Waals surface area contributed by atoms with Gasteiger partial charge in [-0.1, -0.05) is 54.4 Å². The fraction of sp³-hybridized carbons (Fsp3) is 0.321. The lowest BCUT2D eigenvalue weighted by atomic mass is 9.85. The number of fused-ring (bicyclic) bond motifs is 1. The molecule has 1 fully saturated rings. The Morgan fingerprint density at radius 1 is 1.21 bits per heavy atom. The van der Waals surface area contributed by atoms with Crippen molar-refractivity contribution in [1.29, 1.82) is 5.26 Å². The minimum absolute atomic E-state index is 0.0873. The normalized spacial score (nSPS) is 20.7. The zero-order valence-corrected chi connectivity index (χ0v) is 22.6. The summed E-state index contributed by atoms with van der Waals surface area (Å²) in [5.41, 5.74) is 1.96. The van der Waals surface area contributed by atoms with E-state index in [9.17, 15) is 14.9 Å². The van der Waals surface area contributed by atoms with Crippen LogP contribution in [0.5, 0.6) is 0 Å². The molecule has 0 saturated carbocycles. The van der Waals surface area contributed by atoms with Gasteiger partial charge in [-0.15, -0.1) is 5.10 Å². The third-order valence-electron chi connectivity index (χ3n) is 7.19. The molecule has 0 N–H and O–H groups in total. The predicted octanol–water partition coefficient (Wildman–Crippen LogP) is 5.12. The molecule has 2 aliphatic rings. The lowest BCUT2D eigenvalue weighted by Crippen LogP contribution is -2.45.